The molecule has 0 aliphatic carbocycles. The minimum atomic E-state index is 0.178. The van der Waals surface area contributed by atoms with Crippen LogP contribution in [0, 0.1) is 27.7 Å². The van der Waals surface area contributed by atoms with Gasteiger partial charge in [-0.05, 0) is 63.0 Å². The molecular formula is C18H19Cl3N8O2. The fraction of sp³-hybridized carbons (Fsp3) is 0.222. The molecule has 0 aliphatic rings. The van der Waals surface area contributed by atoms with Crippen LogP contribution in [-0.4, -0.2) is 30.2 Å². The zero-order valence-corrected chi connectivity index (χ0v) is 19.3. The van der Waals surface area contributed by atoms with Crippen LogP contribution in [-0.2, 0) is 0 Å². The summed E-state index contributed by atoms with van der Waals surface area (Å²) in [5.74, 6) is 1.57. The minimum absolute atomic E-state index is 0.178. The SMILES string of the molecule is Cc1noc(N)c1C.Cc1noc(Nc2ccnc(Cl)n2)c1C.Clc1ccnc(Cl)n1. The van der Waals surface area contributed by atoms with Crippen molar-refractivity contribution in [2.24, 2.45) is 0 Å². The number of nitrogens with two attached hydrogens (primary N) is 1. The van der Waals surface area contributed by atoms with Crippen molar-refractivity contribution in [2.75, 3.05) is 11.1 Å². The highest BCUT2D eigenvalue weighted by molar-refractivity contribution is 6.31. The number of aromatic nitrogens is 6. The first-order valence-electron chi connectivity index (χ1n) is 8.68. The standard InChI is InChI=1S/C9H9ClN4O.C5H8N2O.C4H2Cl2N2/c1-5-6(2)14-15-8(5)12-7-3-4-11-9(10)13-7;1-3-4(2)7-8-5(3)6;5-3-1-2-7-4(6)8-3/h3-4H,1-2H3,(H,11,12,13);6H2,1-2H3;1-2H. The molecule has 3 N–H and O–H groups in total. The third kappa shape index (κ3) is 7.67. The van der Waals surface area contributed by atoms with E-state index in [1.165, 1.54) is 6.20 Å². The van der Waals surface area contributed by atoms with E-state index in [0.717, 1.165) is 22.5 Å². The molecule has 0 unspecified atom stereocenters. The van der Waals surface area contributed by atoms with E-state index in [1.807, 2.05) is 27.7 Å². The van der Waals surface area contributed by atoms with Crippen molar-refractivity contribution in [3.05, 3.63) is 62.8 Å². The van der Waals surface area contributed by atoms with Crippen LogP contribution >= 0.6 is 34.8 Å². The second-order valence-electron chi connectivity index (χ2n) is 5.96. The molecule has 10 nitrogen and oxygen atoms in total. The average Bonchev–Trinajstić information content (AvgIpc) is 3.19. The zero-order chi connectivity index (χ0) is 23.0. The Hall–Kier alpha value is -2.95. The van der Waals surface area contributed by atoms with Crippen LogP contribution in [0.25, 0.3) is 0 Å². The van der Waals surface area contributed by atoms with Crippen LogP contribution in [0.3, 0.4) is 0 Å². The Morgan fingerprint density at radius 3 is 1.77 bits per heavy atom. The molecule has 164 valence electrons. The highest BCUT2D eigenvalue weighted by Gasteiger charge is 2.08. The molecule has 0 fully saturated rings. The van der Waals surface area contributed by atoms with Crippen molar-refractivity contribution >= 4 is 52.4 Å². The Morgan fingerprint density at radius 2 is 1.39 bits per heavy atom. The first-order valence-corrected chi connectivity index (χ1v) is 9.81. The quantitative estimate of drug-likeness (QED) is 0.289. The summed E-state index contributed by atoms with van der Waals surface area (Å²) in [5.41, 5.74) is 8.90. The summed E-state index contributed by atoms with van der Waals surface area (Å²) in [6, 6.07) is 3.26. The maximum absolute atomic E-state index is 5.65. The van der Waals surface area contributed by atoms with Gasteiger partial charge in [0.05, 0.1) is 11.4 Å². The Labute approximate surface area is 193 Å². The average molecular weight is 486 g/mol. The van der Waals surface area contributed by atoms with Crippen LogP contribution in [0.5, 0.6) is 0 Å². The molecule has 4 rings (SSSR count). The minimum Gasteiger partial charge on any atom is -0.367 e. The summed E-state index contributed by atoms with van der Waals surface area (Å²) in [7, 11) is 0. The monoisotopic (exact) mass is 484 g/mol. The number of hydrogen-bond acceptors (Lipinski definition) is 10. The van der Waals surface area contributed by atoms with Gasteiger partial charge in [0, 0.05) is 23.5 Å². The molecule has 0 saturated heterocycles. The third-order valence-corrected chi connectivity index (χ3v) is 4.39. The predicted octanol–water partition coefficient (Wildman–Crippen LogP) is 5.14. The number of nitrogens with one attached hydrogen (secondary N) is 1. The molecule has 4 aromatic rings. The van der Waals surface area contributed by atoms with Gasteiger partial charge in [0.25, 0.3) is 0 Å². The molecule has 0 saturated carbocycles. The Bertz CT molecular complexity index is 1100. The lowest BCUT2D eigenvalue weighted by Crippen LogP contribution is -1.94. The van der Waals surface area contributed by atoms with E-state index in [0.29, 0.717) is 22.7 Å². The van der Waals surface area contributed by atoms with Gasteiger partial charge in [0.2, 0.25) is 22.3 Å². The van der Waals surface area contributed by atoms with Crippen LogP contribution < -0.4 is 11.1 Å². The van der Waals surface area contributed by atoms with Crippen LogP contribution in [0.15, 0.2) is 33.6 Å². The van der Waals surface area contributed by atoms with Crippen LogP contribution in [0.2, 0.25) is 15.7 Å². The van der Waals surface area contributed by atoms with Crippen LogP contribution in [0.4, 0.5) is 17.6 Å². The van der Waals surface area contributed by atoms with E-state index in [1.54, 1.807) is 18.3 Å². The predicted molar refractivity (Wildman–Crippen MR) is 119 cm³/mol. The van der Waals surface area contributed by atoms with Crippen molar-refractivity contribution < 1.29 is 9.05 Å². The Balaban J connectivity index is 0.000000181. The maximum atomic E-state index is 5.65. The van der Waals surface area contributed by atoms with Crippen molar-refractivity contribution in [1.29, 1.82) is 0 Å². The van der Waals surface area contributed by atoms with Gasteiger partial charge in [-0.3, -0.25) is 0 Å². The highest BCUT2D eigenvalue weighted by Crippen LogP contribution is 2.21. The molecule has 4 aromatic heterocycles. The zero-order valence-electron chi connectivity index (χ0n) is 17.0. The molecule has 0 atom stereocenters. The molecule has 0 radical (unpaired) electrons. The number of nitrogen functional groups attached to an aromatic ring is 1. The van der Waals surface area contributed by atoms with E-state index in [4.69, 9.17) is 45.1 Å². The Morgan fingerprint density at radius 1 is 0.806 bits per heavy atom. The van der Waals surface area contributed by atoms with E-state index in [9.17, 15) is 0 Å². The summed E-state index contributed by atoms with van der Waals surface area (Å²) >= 11 is 16.4. The lowest BCUT2D eigenvalue weighted by atomic mass is 10.3. The van der Waals surface area contributed by atoms with E-state index in [2.05, 4.69) is 40.1 Å². The molecule has 0 aromatic carbocycles. The molecule has 0 bridgehead atoms. The first-order chi connectivity index (χ1) is 14.7. The van der Waals surface area contributed by atoms with Gasteiger partial charge in [-0.25, -0.2) is 19.9 Å². The lowest BCUT2D eigenvalue weighted by Gasteiger charge is -2.01. The van der Waals surface area contributed by atoms with Crippen molar-refractivity contribution in [1.82, 2.24) is 30.2 Å². The summed E-state index contributed by atoms with van der Waals surface area (Å²) < 4.78 is 9.70. The number of hydrogen-bond donors (Lipinski definition) is 2. The fourth-order valence-corrected chi connectivity index (χ4v) is 2.27. The summed E-state index contributed by atoms with van der Waals surface area (Å²) in [6.45, 7) is 7.52. The van der Waals surface area contributed by atoms with Gasteiger partial charge >= 0.3 is 0 Å². The molecule has 0 spiro atoms. The molecule has 4 heterocycles. The van der Waals surface area contributed by atoms with E-state index < -0.39 is 0 Å². The van der Waals surface area contributed by atoms with Gasteiger partial charge < -0.3 is 20.1 Å². The summed E-state index contributed by atoms with van der Waals surface area (Å²) in [4.78, 5) is 15.0. The van der Waals surface area contributed by atoms with Gasteiger partial charge in [0.15, 0.2) is 0 Å². The molecule has 0 amide bonds. The maximum Gasteiger partial charge on any atom is 0.233 e. The number of nitrogens with zero attached hydrogens (tertiary/aromatic N) is 6. The summed E-state index contributed by atoms with van der Waals surface area (Å²) in [5, 5.41) is 11.1. The second-order valence-corrected chi connectivity index (χ2v) is 7.03. The number of rotatable bonds is 2. The molecule has 0 aliphatic heterocycles. The largest absolute Gasteiger partial charge is 0.367 e. The Kier molecular flexibility index (Phi) is 8.98. The normalized spacial score (nSPS) is 9.90. The van der Waals surface area contributed by atoms with E-state index in [-0.39, 0.29) is 10.6 Å². The van der Waals surface area contributed by atoms with Gasteiger partial charge in [-0.2, -0.15) is 0 Å². The first kappa shape index (κ1) is 24.3. The van der Waals surface area contributed by atoms with Crippen molar-refractivity contribution in [3.63, 3.8) is 0 Å². The van der Waals surface area contributed by atoms with E-state index >= 15 is 0 Å². The smallest absolute Gasteiger partial charge is 0.233 e. The van der Waals surface area contributed by atoms with Gasteiger partial charge in [0.1, 0.15) is 11.0 Å². The van der Waals surface area contributed by atoms with Crippen molar-refractivity contribution in [3.8, 4) is 0 Å². The molecular weight excluding hydrogens is 467 g/mol. The number of halogens is 3. The topological polar surface area (TPSA) is 142 Å². The lowest BCUT2D eigenvalue weighted by molar-refractivity contribution is 0.429. The third-order valence-electron chi connectivity index (χ3n) is 3.81. The van der Waals surface area contributed by atoms with Crippen molar-refractivity contribution in [2.45, 2.75) is 27.7 Å². The number of anilines is 3. The second kappa shape index (κ2) is 11.4. The van der Waals surface area contributed by atoms with Gasteiger partial charge in [-0.1, -0.05) is 21.9 Å². The summed E-state index contributed by atoms with van der Waals surface area (Å²) in [6.07, 6.45) is 3.06. The van der Waals surface area contributed by atoms with Gasteiger partial charge in [-0.15, -0.1) is 0 Å². The van der Waals surface area contributed by atoms with Crippen LogP contribution in [0.1, 0.15) is 22.5 Å². The number of aryl methyl sites for hydroxylation is 2. The fourth-order valence-electron chi connectivity index (χ4n) is 1.80. The highest BCUT2D eigenvalue weighted by atomic mass is 35.5. The molecule has 13 heteroatoms. The molecule has 31 heavy (non-hydrogen) atoms.